The fourth-order valence-electron chi connectivity index (χ4n) is 2.29. The molecule has 0 saturated heterocycles. The van der Waals surface area contributed by atoms with Crippen molar-refractivity contribution >= 4 is 17.5 Å². The van der Waals surface area contributed by atoms with E-state index in [1.165, 1.54) is 12.1 Å². The molecule has 2 aromatic carbocycles. The summed E-state index contributed by atoms with van der Waals surface area (Å²) < 4.78 is 13.2. The molecule has 2 aromatic rings. The second kappa shape index (κ2) is 7.41. The number of hydrogen-bond donors (Lipinski definition) is 0. The predicted molar refractivity (Wildman–Crippen MR) is 87.5 cm³/mol. The minimum absolute atomic E-state index is 0.0212. The Kier molecular flexibility index (Phi) is 5.56. The molecule has 0 aliphatic carbocycles. The summed E-state index contributed by atoms with van der Waals surface area (Å²) in [4.78, 5) is 14.0. The Morgan fingerprint density at radius 3 is 2.50 bits per heavy atom. The molecule has 1 unspecified atom stereocenters. The summed E-state index contributed by atoms with van der Waals surface area (Å²) >= 11 is 5.87. The molecule has 1 atom stereocenters. The molecule has 22 heavy (non-hydrogen) atoms. The van der Waals surface area contributed by atoms with Crippen LogP contribution in [0.3, 0.4) is 0 Å². The monoisotopic (exact) mass is 319 g/mol. The molecule has 0 aliphatic heterocycles. The van der Waals surface area contributed by atoms with Crippen LogP contribution >= 0.6 is 11.6 Å². The summed E-state index contributed by atoms with van der Waals surface area (Å²) in [6.45, 7) is 2.00. The van der Waals surface area contributed by atoms with Crippen LogP contribution in [-0.2, 0) is 17.6 Å². The van der Waals surface area contributed by atoms with Gasteiger partial charge in [0, 0.05) is 18.1 Å². The number of nitrogens with zero attached hydrogens (tertiary/aromatic N) is 1. The highest BCUT2D eigenvalue weighted by molar-refractivity contribution is 6.30. The van der Waals surface area contributed by atoms with E-state index in [1.807, 2.05) is 31.2 Å². The molecule has 0 aromatic heterocycles. The fraction of sp³-hybridized carbons (Fsp3) is 0.278. The quantitative estimate of drug-likeness (QED) is 0.812. The minimum Gasteiger partial charge on any atom is -0.342 e. The smallest absolute Gasteiger partial charge is 0.226 e. The average molecular weight is 320 g/mol. The van der Waals surface area contributed by atoms with E-state index < -0.39 is 0 Å². The van der Waals surface area contributed by atoms with E-state index in [4.69, 9.17) is 11.6 Å². The standard InChI is InChI=1S/C18H19ClFNO/c1-13(10-14-6-8-16(19)9-7-14)21(2)18(22)12-15-4-3-5-17(20)11-15/h3-9,11,13H,10,12H2,1-2H3. The Morgan fingerprint density at radius 1 is 1.18 bits per heavy atom. The van der Waals surface area contributed by atoms with Crippen LogP contribution in [0.5, 0.6) is 0 Å². The van der Waals surface area contributed by atoms with Gasteiger partial charge in [-0.3, -0.25) is 4.79 Å². The molecular weight excluding hydrogens is 301 g/mol. The third-order valence-corrected chi connectivity index (χ3v) is 4.00. The van der Waals surface area contributed by atoms with Crippen molar-refractivity contribution in [2.75, 3.05) is 7.05 Å². The van der Waals surface area contributed by atoms with E-state index in [0.29, 0.717) is 10.6 Å². The number of carbonyl (C=O) groups is 1. The van der Waals surface area contributed by atoms with E-state index in [0.717, 1.165) is 12.0 Å². The maximum atomic E-state index is 13.2. The van der Waals surface area contributed by atoms with Crippen molar-refractivity contribution in [1.82, 2.24) is 4.90 Å². The van der Waals surface area contributed by atoms with Crippen molar-refractivity contribution in [1.29, 1.82) is 0 Å². The molecule has 0 radical (unpaired) electrons. The van der Waals surface area contributed by atoms with Gasteiger partial charge in [-0.15, -0.1) is 0 Å². The van der Waals surface area contributed by atoms with Crippen molar-refractivity contribution < 1.29 is 9.18 Å². The Balaban J connectivity index is 1.95. The van der Waals surface area contributed by atoms with E-state index in [2.05, 4.69) is 0 Å². The summed E-state index contributed by atoms with van der Waals surface area (Å²) in [6, 6.07) is 13.8. The lowest BCUT2D eigenvalue weighted by molar-refractivity contribution is -0.130. The van der Waals surface area contributed by atoms with E-state index in [9.17, 15) is 9.18 Å². The highest BCUT2D eigenvalue weighted by atomic mass is 35.5. The highest BCUT2D eigenvalue weighted by Gasteiger charge is 2.16. The van der Waals surface area contributed by atoms with E-state index in [-0.39, 0.29) is 24.2 Å². The first-order chi connectivity index (χ1) is 10.5. The molecule has 0 N–H and O–H groups in total. The van der Waals surface area contributed by atoms with Crippen LogP contribution in [0.4, 0.5) is 4.39 Å². The lowest BCUT2D eigenvalue weighted by atomic mass is 10.1. The molecule has 2 nitrogen and oxygen atoms in total. The molecule has 1 amide bonds. The first-order valence-corrected chi connectivity index (χ1v) is 7.58. The van der Waals surface area contributed by atoms with Gasteiger partial charge in [-0.25, -0.2) is 4.39 Å². The minimum atomic E-state index is -0.317. The molecule has 0 bridgehead atoms. The van der Waals surface area contributed by atoms with Crippen molar-refractivity contribution in [3.05, 3.63) is 70.5 Å². The maximum Gasteiger partial charge on any atom is 0.226 e. The zero-order valence-electron chi connectivity index (χ0n) is 12.7. The number of amides is 1. The Labute approximate surface area is 135 Å². The number of benzene rings is 2. The van der Waals surface area contributed by atoms with Gasteiger partial charge in [0.05, 0.1) is 6.42 Å². The van der Waals surface area contributed by atoms with Gasteiger partial charge in [-0.1, -0.05) is 35.9 Å². The summed E-state index contributed by atoms with van der Waals surface area (Å²) in [5.41, 5.74) is 1.82. The van der Waals surface area contributed by atoms with Gasteiger partial charge in [-0.2, -0.15) is 0 Å². The van der Waals surface area contributed by atoms with Crippen molar-refractivity contribution in [3.8, 4) is 0 Å². The number of halogens is 2. The number of likely N-dealkylation sites (N-methyl/N-ethyl adjacent to an activating group) is 1. The maximum absolute atomic E-state index is 13.2. The van der Waals surface area contributed by atoms with E-state index in [1.54, 1.807) is 24.1 Å². The Hall–Kier alpha value is -1.87. The molecule has 116 valence electrons. The highest BCUT2D eigenvalue weighted by Crippen LogP contribution is 2.14. The largest absolute Gasteiger partial charge is 0.342 e. The van der Waals surface area contributed by atoms with Crippen LogP contribution in [-0.4, -0.2) is 23.9 Å². The normalized spacial score (nSPS) is 12.0. The third kappa shape index (κ3) is 4.57. The number of hydrogen-bond acceptors (Lipinski definition) is 1. The van der Waals surface area contributed by atoms with Crippen LogP contribution in [0.2, 0.25) is 5.02 Å². The SMILES string of the molecule is CC(Cc1ccc(Cl)cc1)N(C)C(=O)Cc1cccc(F)c1. The topological polar surface area (TPSA) is 20.3 Å². The molecule has 0 heterocycles. The van der Waals surface area contributed by atoms with Gasteiger partial charge < -0.3 is 4.90 Å². The molecule has 2 rings (SSSR count). The lowest BCUT2D eigenvalue weighted by Gasteiger charge is -2.25. The van der Waals surface area contributed by atoms with Crippen LogP contribution in [0.25, 0.3) is 0 Å². The second-order valence-electron chi connectivity index (χ2n) is 5.49. The zero-order valence-corrected chi connectivity index (χ0v) is 13.5. The van der Waals surface area contributed by atoms with Gasteiger partial charge in [-0.05, 0) is 48.7 Å². The van der Waals surface area contributed by atoms with Crippen molar-refractivity contribution in [2.45, 2.75) is 25.8 Å². The van der Waals surface area contributed by atoms with Crippen molar-refractivity contribution in [3.63, 3.8) is 0 Å². The van der Waals surface area contributed by atoms with Gasteiger partial charge in [0.15, 0.2) is 0 Å². The van der Waals surface area contributed by atoms with Crippen LogP contribution in [0, 0.1) is 5.82 Å². The number of rotatable bonds is 5. The summed E-state index contributed by atoms with van der Waals surface area (Å²) in [7, 11) is 1.78. The van der Waals surface area contributed by atoms with Crippen LogP contribution in [0.1, 0.15) is 18.1 Å². The third-order valence-electron chi connectivity index (χ3n) is 3.74. The molecular formula is C18H19ClFNO. The zero-order chi connectivity index (χ0) is 16.1. The number of carbonyl (C=O) groups excluding carboxylic acids is 1. The van der Waals surface area contributed by atoms with Crippen LogP contribution < -0.4 is 0 Å². The van der Waals surface area contributed by atoms with E-state index >= 15 is 0 Å². The Morgan fingerprint density at radius 2 is 1.86 bits per heavy atom. The Bertz CT molecular complexity index is 642. The molecule has 0 spiro atoms. The summed E-state index contributed by atoms with van der Waals surface area (Å²) in [6.07, 6.45) is 0.960. The molecule has 0 saturated carbocycles. The average Bonchev–Trinajstić information content (AvgIpc) is 2.48. The first kappa shape index (κ1) is 16.5. The van der Waals surface area contributed by atoms with Gasteiger partial charge in [0.1, 0.15) is 5.82 Å². The summed E-state index contributed by atoms with van der Waals surface area (Å²) in [5.74, 6) is -0.339. The lowest BCUT2D eigenvalue weighted by Crippen LogP contribution is -2.37. The van der Waals surface area contributed by atoms with Gasteiger partial charge >= 0.3 is 0 Å². The summed E-state index contributed by atoms with van der Waals surface area (Å²) in [5, 5.41) is 0.701. The van der Waals surface area contributed by atoms with Gasteiger partial charge in [0.2, 0.25) is 5.91 Å². The molecule has 4 heteroatoms. The van der Waals surface area contributed by atoms with Crippen molar-refractivity contribution in [2.24, 2.45) is 0 Å². The fourth-order valence-corrected chi connectivity index (χ4v) is 2.42. The van der Waals surface area contributed by atoms with Crippen LogP contribution in [0.15, 0.2) is 48.5 Å². The first-order valence-electron chi connectivity index (χ1n) is 7.20. The molecule has 0 fully saturated rings. The van der Waals surface area contributed by atoms with Gasteiger partial charge in [0.25, 0.3) is 0 Å². The molecule has 0 aliphatic rings. The predicted octanol–water partition coefficient (Wildman–Crippen LogP) is 4.11. The second-order valence-corrected chi connectivity index (χ2v) is 5.93.